The van der Waals surface area contributed by atoms with Crippen molar-refractivity contribution in [3.63, 3.8) is 0 Å². The molecule has 0 aliphatic carbocycles. The lowest BCUT2D eigenvalue weighted by atomic mass is 10.0. The van der Waals surface area contributed by atoms with Crippen molar-refractivity contribution in [1.82, 2.24) is 30.3 Å². The van der Waals surface area contributed by atoms with E-state index in [0.717, 1.165) is 24.9 Å². The fraction of sp³-hybridized carbons (Fsp3) is 0.786. The summed E-state index contributed by atoms with van der Waals surface area (Å²) in [5.41, 5.74) is 0. The number of rotatable bonds is 5. The molecule has 8 heteroatoms. The van der Waals surface area contributed by atoms with Gasteiger partial charge in [0.15, 0.2) is 5.96 Å². The number of likely N-dealkylation sites (tertiary alicyclic amines) is 1. The first-order valence-electron chi connectivity index (χ1n) is 7.76. The van der Waals surface area contributed by atoms with Crippen LogP contribution in [0.1, 0.15) is 32.0 Å². The molecule has 1 aromatic rings. The Morgan fingerprint density at radius 1 is 1.41 bits per heavy atom. The number of likely N-dealkylation sites (N-methyl/N-ethyl adjacent to an activating group) is 1. The Labute approximate surface area is 150 Å². The zero-order valence-corrected chi connectivity index (χ0v) is 16.1. The Kier molecular flexibility index (Phi) is 8.69. The second-order valence-corrected chi connectivity index (χ2v) is 5.38. The van der Waals surface area contributed by atoms with Crippen molar-refractivity contribution in [3.8, 4) is 0 Å². The van der Waals surface area contributed by atoms with E-state index in [1.54, 1.807) is 18.1 Å². The number of nitrogens with zero attached hydrogens (tertiary/aromatic N) is 5. The first-order chi connectivity index (χ1) is 10.2. The predicted octanol–water partition coefficient (Wildman–Crippen LogP) is 0.972. The summed E-state index contributed by atoms with van der Waals surface area (Å²) in [7, 11) is 3.69. The smallest absolute Gasteiger partial charge is 0.191 e. The van der Waals surface area contributed by atoms with E-state index in [9.17, 15) is 0 Å². The summed E-state index contributed by atoms with van der Waals surface area (Å²) < 4.78 is 1.76. The number of aliphatic imine (C=N–C) groups is 1. The molecule has 0 spiro atoms. The number of guanidine groups is 1. The molecule has 0 radical (unpaired) electrons. The second kappa shape index (κ2) is 9.98. The summed E-state index contributed by atoms with van der Waals surface area (Å²) in [5.74, 6) is 1.71. The third-order valence-electron chi connectivity index (χ3n) is 4.10. The predicted molar refractivity (Wildman–Crippen MR) is 99.5 cm³/mol. The molecule has 0 bridgehead atoms. The minimum absolute atomic E-state index is 0. The average Bonchev–Trinajstić information content (AvgIpc) is 2.93. The summed E-state index contributed by atoms with van der Waals surface area (Å²) in [6, 6.07) is 0.608. The molecular weight excluding hydrogens is 393 g/mol. The van der Waals surface area contributed by atoms with Gasteiger partial charge in [-0.2, -0.15) is 5.10 Å². The van der Waals surface area contributed by atoms with Crippen LogP contribution >= 0.6 is 24.0 Å². The Hall–Kier alpha value is -0.900. The molecule has 7 nitrogen and oxygen atoms in total. The van der Waals surface area contributed by atoms with Crippen LogP contribution in [-0.4, -0.2) is 58.3 Å². The molecule has 2 rings (SSSR count). The van der Waals surface area contributed by atoms with Crippen molar-refractivity contribution >= 4 is 29.9 Å². The number of hydrogen-bond donors (Lipinski definition) is 2. The van der Waals surface area contributed by atoms with E-state index < -0.39 is 0 Å². The maximum atomic E-state index is 4.27. The molecule has 1 saturated heterocycles. The first kappa shape index (κ1) is 19.1. The molecule has 22 heavy (non-hydrogen) atoms. The van der Waals surface area contributed by atoms with E-state index in [1.807, 2.05) is 7.05 Å². The van der Waals surface area contributed by atoms with Crippen LogP contribution in [0.4, 0.5) is 0 Å². The topological polar surface area (TPSA) is 70.4 Å². The van der Waals surface area contributed by atoms with Gasteiger partial charge in [0.2, 0.25) is 0 Å². The second-order valence-electron chi connectivity index (χ2n) is 5.38. The summed E-state index contributed by atoms with van der Waals surface area (Å²) in [4.78, 5) is 11.0. The Balaban J connectivity index is 0.00000242. The van der Waals surface area contributed by atoms with Gasteiger partial charge in [0.1, 0.15) is 12.2 Å². The van der Waals surface area contributed by atoms with Crippen molar-refractivity contribution in [3.05, 3.63) is 12.2 Å². The van der Waals surface area contributed by atoms with Gasteiger partial charge in [-0.3, -0.25) is 14.6 Å². The standard InChI is InChI=1S/C14H27N7.HI/c1-4-21-8-6-5-7-12(21)9-16-14(15-2)17-10-13-18-11-19-20(13)3;/h11-12H,4-10H2,1-3H3,(H2,15,16,17);1H. The molecule has 2 N–H and O–H groups in total. The molecule has 0 aromatic carbocycles. The van der Waals surface area contributed by atoms with Crippen molar-refractivity contribution < 1.29 is 0 Å². The maximum Gasteiger partial charge on any atom is 0.191 e. The van der Waals surface area contributed by atoms with Gasteiger partial charge < -0.3 is 10.6 Å². The van der Waals surface area contributed by atoms with Gasteiger partial charge in [-0.1, -0.05) is 13.3 Å². The van der Waals surface area contributed by atoms with Crippen molar-refractivity contribution in [2.45, 2.75) is 38.8 Å². The van der Waals surface area contributed by atoms with Gasteiger partial charge in [0.25, 0.3) is 0 Å². The molecule has 1 aliphatic rings. The number of nitrogens with one attached hydrogen (secondary N) is 2. The van der Waals surface area contributed by atoms with Crippen molar-refractivity contribution in [1.29, 1.82) is 0 Å². The number of aromatic nitrogens is 3. The monoisotopic (exact) mass is 421 g/mol. The highest BCUT2D eigenvalue weighted by Gasteiger charge is 2.20. The zero-order chi connectivity index (χ0) is 15.1. The molecule has 1 unspecified atom stereocenters. The molecular formula is C14H28IN7. The highest BCUT2D eigenvalue weighted by molar-refractivity contribution is 14.0. The largest absolute Gasteiger partial charge is 0.355 e. The Bertz CT molecular complexity index is 460. The van der Waals surface area contributed by atoms with Gasteiger partial charge in [-0.25, -0.2) is 4.98 Å². The van der Waals surface area contributed by atoms with E-state index in [-0.39, 0.29) is 24.0 Å². The molecule has 1 aliphatic heterocycles. The van der Waals surface area contributed by atoms with Crippen LogP contribution in [-0.2, 0) is 13.6 Å². The van der Waals surface area contributed by atoms with Gasteiger partial charge in [-0.15, -0.1) is 24.0 Å². The number of hydrogen-bond acceptors (Lipinski definition) is 4. The quantitative estimate of drug-likeness (QED) is 0.422. The van der Waals surface area contributed by atoms with Crippen LogP contribution in [0.25, 0.3) is 0 Å². The first-order valence-corrected chi connectivity index (χ1v) is 7.76. The molecule has 1 aromatic heterocycles. The SMILES string of the molecule is CCN1CCCCC1CNC(=NC)NCc1ncnn1C.I. The van der Waals surface area contributed by atoms with Crippen LogP contribution < -0.4 is 10.6 Å². The van der Waals surface area contributed by atoms with E-state index in [2.05, 4.69) is 37.5 Å². The van der Waals surface area contributed by atoms with Crippen LogP contribution in [0.3, 0.4) is 0 Å². The Morgan fingerprint density at radius 2 is 2.23 bits per heavy atom. The van der Waals surface area contributed by atoms with Gasteiger partial charge >= 0.3 is 0 Å². The molecule has 1 atom stereocenters. The maximum absolute atomic E-state index is 4.27. The number of aryl methyl sites for hydroxylation is 1. The number of halogens is 1. The van der Waals surface area contributed by atoms with Crippen molar-refractivity contribution in [2.24, 2.45) is 12.0 Å². The molecule has 0 amide bonds. The van der Waals surface area contributed by atoms with Gasteiger partial charge in [0.05, 0.1) is 6.54 Å². The van der Waals surface area contributed by atoms with Crippen LogP contribution in [0.5, 0.6) is 0 Å². The molecule has 126 valence electrons. The highest BCUT2D eigenvalue weighted by Crippen LogP contribution is 2.15. The summed E-state index contributed by atoms with van der Waals surface area (Å²) in [5, 5.41) is 10.8. The lowest BCUT2D eigenvalue weighted by Gasteiger charge is -2.35. The van der Waals surface area contributed by atoms with Crippen molar-refractivity contribution in [2.75, 3.05) is 26.7 Å². The minimum atomic E-state index is 0. The van der Waals surface area contributed by atoms with E-state index in [4.69, 9.17) is 0 Å². The summed E-state index contributed by atoms with van der Waals surface area (Å²) >= 11 is 0. The summed E-state index contributed by atoms with van der Waals surface area (Å²) in [6.45, 7) is 6.13. The molecule has 0 saturated carbocycles. The fourth-order valence-corrected chi connectivity index (χ4v) is 2.79. The van der Waals surface area contributed by atoms with E-state index in [0.29, 0.717) is 12.6 Å². The minimum Gasteiger partial charge on any atom is -0.355 e. The lowest BCUT2D eigenvalue weighted by molar-refractivity contribution is 0.157. The number of piperidine rings is 1. The third kappa shape index (κ3) is 5.38. The zero-order valence-electron chi connectivity index (χ0n) is 13.7. The normalized spacial score (nSPS) is 19.6. The van der Waals surface area contributed by atoms with E-state index >= 15 is 0 Å². The van der Waals surface area contributed by atoms with Crippen LogP contribution in [0.2, 0.25) is 0 Å². The third-order valence-corrected chi connectivity index (χ3v) is 4.10. The molecule has 2 heterocycles. The Morgan fingerprint density at radius 3 is 2.86 bits per heavy atom. The van der Waals surface area contributed by atoms with Gasteiger partial charge in [-0.05, 0) is 25.9 Å². The van der Waals surface area contributed by atoms with Crippen LogP contribution in [0, 0.1) is 0 Å². The molecule has 1 fully saturated rings. The highest BCUT2D eigenvalue weighted by atomic mass is 127. The van der Waals surface area contributed by atoms with Gasteiger partial charge in [0, 0.05) is 26.7 Å². The lowest BCUT2D eigenvalue weighted by Crippen LogP contribution is -2.49. The summed E-state index contributed by atoms with van der Waals surface area (Å²) in [6.07, 6.45) is 5.48. The average molecular weight is 421 g/mol. The van der Waals surface area contributed by atoms with Crippen LogP contribution in [0.15, 0.2) is 11.3 Å². The fourth-order valence-electron chi connectivity index (χ4n) is 2.79. The van der Waals surface area contributed by atoms with E-state index in [1.165, 1.54) is 25.8 Å².